The highest BCUT2D eigenvalue weighted by Crippen LogP contribution is 2.07. The zero-order valence-corrected chi connectivity index (χ0v) is 15.9. The number of carbonyl (C=O) groups excluding carboxylic acids is 3. The van der Waals surface area contributed by atoms with Crippen LogP contribution in [-0.4, -0.2) is 48.9 Å². The van der Waals surface area contributed by atoms with Crippen molar-refractivity contribution in [2.24, 2.45) is 5.92 Å². The van der Waals surface area contributed by atoms with E-state index in [1.807, 2.05) is 44.2 Å². The number of nitrogens with one attached hydrogen (secondary N) is 2. The van der Waals surface area contributed by atoms with E-state index in [0.717, 1.165) is 5.56 Å². The first kappa shape index (κ1) is 22.4. The summed E-state index contributed by atoms with van der Waals surface area (Å²) in [7, 11) is 1.25. The zero-order chi connectivity index (χ0) is 20.2. The fraction of sp³-hybridized carbons (Fsp3) is 0.526. The molecule has 27 heavy (non-hydrogen) atoms. The minimum absolute atomic E-state index is 0.110. The summed E-state index contributed by atoms with van der Waals surface area (Å²) < 4.78 is 9.69. The van der Waals surface area contributed by atoms with Gasteiger partial charge in [-0.3, -0.25) is 4.79 Å². The van der Waals surface area contributed by atoms with Gasteiger partial charge in [0.2, 0.25) is 5.91 Å². The van der Waals surface area contributed by atoms with Crippen LogP contribution in [0.3, 0.4) is 0 Å². The van der Waals surface area contributed by atoms with E-state index < -0.39 is 30.1 Å². The van der Waals surface area contributed by atoms with Crippen molar-refractivity contribution in [2.75, 3.05) is 13.7 Å². The van der Waals surface area contributed by atoms with E-state index in [0.29, 0.717) is 6.42 Å². The second-order valence-corrected chi connectivity index (χ2v) is 6.57. The van der Waals surface area contributed by atoms with Gasteiger partial charge in [-0.2, -0.15) is 0 Å². The quantitative estimate of drug-likeness (QED) is 0.528. The van der Waals surface area contributed by atoms with Gasteiger partial charge < -0.3 is 25.2 Å². The topological polar surface area (TPSA) is 114 Å². The normalized spacial score (nSPS) is 12.8. The number of ether oxygens (including phenoxy) is 2. The summed E-state index contributed by atoms with van der Waals surface area (Å²) in [6.45, 7) is 3.80. The number of benzene rings is 1. The van der Waals surface area contributed by atoms with Crippen LogP contribution in [0.15, 0.2) is 30.3 Å². The third-order valence-corrected chi connectivity index (χ3v) is 3.64. The van der Waals surface area contributed by atoms with E-state index in [1.54, 1.807) is 0 Å². The first-order valence-electron chi connectivity index (χ1n) is 8.81. The predicted molar refractivity (Wildman–Crippen MR) is 98.7 cm³/mol. The van der Waals surface area contributed by atoms with Crippen LogP contribution in [0.1, 0.15) is 32.3 Å². The van der Waals surface area contributed by atoms with Crippen LogP contribution < -0.4 is 10.6 Å². The van der Waals surface area contributed by atoms with Crippen molar-refractivity contribution in [1.82, 2.24) is 10.6 Å². The molecule has 0 radical (unpaired) electrons. The maximum Gasteiger partial charge on any atom is 0.407 e. The predicted octanol–water partition coefficient (Wildman–Crippen LogP) is 1.37. The summed E-state index contributed by atoms with van der Waals surface area (Å²) in [5.41, 5.74) is 0.839. The third kappa shape index (κ3) is 9.60. The van der Waals surface area contributed by atoms with Crippen molar-refractivity contribution in [3.63, 3.8) is 0 Å². The average Bonchev–Trinajstić information content (AvgIpc) is 2.63. The molecule has 8 heteroatoms. The van der Waals surface area contributed by atoms with Crippen molar-refractivity contribution in [2.45, 2.75) is 45.4 Å². The van der Waals surface area contributed by atoms with Crippen LogP contribution in [0.25, 0.3) is 0 Å². The molecule has 1 rings (SSSR count). The first-order chi connectivity index (χ1) is 12.8. The van der Waals surface area contributed by atoms with E-state index in [-0.39, 0.29) is 25.5 Å². The standard InChI is InChI=1S/C19H28N2O6/c1-13(2)9-16(18(24)26-3)21-17(23)10-15(22)11-20-19(25)27-12-14-7-5-4-6-8-14/h4-8,13,15-16,22H,9-12H2,1-3H3,(H,20,25)(H,21,23)/t15-,16+/m1/s1. The van der Waals surface area contributed by atoms with Gasteiger partial charge >= 0.3 is 12.1 Å². The Balaban J connectivity index is 2.33. The molecule has 0 aromatic heterocycles. The van der Waals surface area contributed by atoms with Crippen LogP contribution in [-0.2, 0) is 25.7 Å². The molecule has 0 aliphatic carbocycles. The van der Waals surface area contributed by atoms with Gasteiger partial charge in [-0.25, -0.2) is 9.59 Å². The molecule has 0 saturated carbocycles. The second kappa shape index (κ2) is 11.9. The fourth-order valence-electron chi connectivity index (χ4n) is 2.34. The molecular weight excluding hydrogens is 352 g/mol. The average molecular weight is 380 g/mol. The van der Waals surface area contributed by atoms with E-state index in [4.69, 9.17) is 4.74 Å². The number of hydrogen-bond donors (Lipinski definition) is 3. The second-order valence-electron chi connectivity index (χ2n) is 6.57. The molecule has 0 heterocycles. The van der Waals surface area contributed by atoms with E-state index in [1.165, 1.54) is 7.11 Å². The van der Waals surface area contributed by atoms with Crippen LogP contribution >= 0.6 is 0 Å². The molecule has 0 aliphatic heterocycles. The molecule has 2 amide bonds. The summed E-state index contributed by atoms with van der Waals surface area (Å²) in [6.07, 6.45) is -1.62. The molecule has 0 saturated heterocycles. The number of rotatable bonds is 10. The molecule has 1 aromatic rings. The lowest BCUT2D eigenvalue weighted by Crippen LogP contribution is -2.44. The molecular formula is C19H28N2O6. The third-order valence-electron chi connectivity index (χ3n) is 3.64. The number of carbonyl (C=O) groups is 3. The number of esters is 1. The zero-order valence-electron chi connectivity index (χ0n) is 15.9. The lowest BCUT2D eigenvalue weighted by atomic mass is 10.0. The lowest BCUT2D eigenvalue weighted by molar-refractivity contribution is -0.145. The van der Waals surface area contributed by atoms with E-state index >= 15 is 0 Å². The molecule has 8 nitrogen and oxygen atoms in total. The first-order valence-corrected chi connectivity index (χ1v) is 8.81. The fourth-order valence-corrected chi connectivity index (χ4v) is 2.34. The summed E-state index contributed by atoms with van der Waals surface area (Å²) in [5, 5.41) is 14.8. The van der Waals surface area contributed by atoms with Gasteiger partial charge in [0.05, 0.1) is 19.6 Å². The van der Waals surface area contributed by atoms with Crippen LogP contribution in [0, 0.1) is 5.92 Å². The maximum atomic E-state index is 12.0. The van der Waals surface area contributed by atoms with Crippen LogP contribution in [0.5, 0.6) is 0 Å². The minimum atomic E-state index is -1.10. The molecule has 0 unspecified atom stereocenters. The summed E-state index contributed by atoms with van der Waals surface area (Å²) in [6, 6.07) is 8.40. The van der Waals surface area contributed by atoms with Crippen molar-refractivity contribution in [1.29, 1.82) is 0 Å². The Morgan fingerprint density at radius 1 is 1.15 bits per heavy atom. The Labute approximate surface area is 159 Å². The van der Waals surface area contributed by atoms with Gasteiger partial charge in [-0.1, -0.05) is 44.2 Å². The molecule has 0 fully saturated rings. The molecule has 3 N–H and O–H groups in total. The Kier molecular flexibility index (Phi) is 9.89. The smallest absolute Gasteiger partial charge is 0.407 e. The summed E-state index contributed by atoms with van der Waals surface area (Å²) in [4.78, 5) is 35.3. The molecule has 2 atom stereocenters. The van der Waals surface area contributed by atoms with Gasteiger partial charge in [-0.05, 0) is 17.9 Å². The van der Waals surface area contributed by atoms with Gasteiger partial charge in [-0.15, -0.1) is 0 Å². The SMILES string of the molecule is COC(=O)[C@H](CC(C)C)NC(=O)C[C@@H](O)CNC(=O)OCc1ccccc1. The molecule has 1 aromatic carbocycles. The van der Waals surface area contributed by atoms with Crippen molar-refractivity contribution in [3.8, 4) is 0 Å². The number of alkyl carbamates (subject to hydrolysis) is 1. The summed E-state index contributed by atoms with van der Waals surface area (Å²) in [5.74, 6) is -0.854. The number of hydrogen-bond acceptors (Lipinski definition) is 6. The summed E-state index contributed by atoms with van der Waals surface area (Å²) >= 11 is 0. The molecule has 150 valence electrons. The van der Waals surface area contributed by atoms with Gasteiger partial charge in [0.15, 0.2) is 0 Å². The lowest BCUT2D eigenvalue weighted by Gasteiger charge is -2.19. The number of amides is 2. The van der Waals surface area contributed by atoms with E-state index in [9.17, 15) is 19.5 Å². The van der Waals surface area contributed by atoms with Crippen molar-refractivity contribution < 1.29 is 29.0 Å². The highest BCUT2D eigenvalue weighted by molar-refractivity contribution is 5.84. The van der Waals surface area contributed by atoms with Crippen molar-refractivity contribution >= 4 is 18.0 Å². The Hall–Kier alpha value is -2.61. The Morgan fingerprint density at radius 2 is 1.81 bits per heavy atom. The molecule has 0 aliphatic rings. The van der Waals surface area contributed by atoms with Crippen LogP contribution in [0.2, 0.25) is 0 Å². The number of aliphatic hydroxyl groups excluding tert-OH is 1. The highest BCUT2D eigenvalue weighted by atomic mass is 16.5. The largest absolute Gasteiger partial charge is 0.467 e. The monoisotopic (exact) mass is 380 g/mol. The van der Waals surface area contributed by atoms with Gasteiger partial charge in [0.1, 0.15) is 12.6 Å². The van der Waals surface area contributed by atoms with Gasteiger partial charge in [0, 0.05) is 6.54 Å². The maximum absolute atomic E-state index is 12.0. The minimum Gasteiger partial charge on any atom is -0.467 e. The van der Waals surface area contributed by atoms with Crippen molar-refractivity contribution in [3.05, 3.63) is 35.9 Å². The number of methoxy groups -OCH3 is 1. The molecule has 0 bridgehead atoms. The van der Waals surface area contributed by atoms with Gasteiger partial charge in [0.25, 0.3) is 0 Å². The Bertz CT molecular complexity index is 605. The number of aliphatic hydroxyl groups is 1. The van der Waals surface area contributed by atoms with Crippen LogP contribution in [0.4, 0.5) is 4.79 Å². The van der Waals surface area contributed by atoms with E-state index in [2.05, 4.69) is 15.4 Å². The highest BCUT2D eigenvalue weighted by Gasteiger charge is 2.23. The molecule has 0 spiro atoms. The Morgan fingerprint density at radius 3 is 2.41 bits per heavy atom.